The van der Waals surface area contributed by atoms with Crippen molar-refractivity contribution in [3.8, 4) is 11.3 Å². The number of halogens is 1. The van der Waals surface area contributed by atoms with Gasteiger partial charge in [-0.2, -0.15) is 0 Å². The number of likely N-dealkylation sites (tertiary alicyclic amines) is 1. The fraction of sp³-hybridized carbons (Fsp3) is 0.345. The number of anilines is 1. The Morgan fingerprint density at radius 1 is 1.15 bits per heavy atom. The van der Waals surface area contributed by atoms with Gasteiger partial charge in [-0.3, -0.25) is 19.0 Å². The highest BCUT2D eigenvalue weighted by molar-refractivity contribution is 6.30. The maximum absolute atomic E-state index is 13.2. The summed E-state index contributed by atoms with van der Waals surface area (Å²) in [6, 6.07) is 10.8. The van der Waals surface area contributed by atoms with Crippen LogP contribution in [0.2, 0.25) is 5.02 Å². The molecule has 1 atom stereocenters. The van der Waals surface area contributed by atoms with Gasteiger partial charge in [0.05, 0.1) is 30.1 Å². The van der Waals surface area contributed by atoms with E-state index in [-0.39, 0.29) is 24.0 Å². The monoisotopic (exact) mass is 544 g/mol. The van der Waals surface area contributed by atoms with Crippen LogP contribution in [0.4, 0.5) is 5.82 Å². The molecule has 200 valence electrons. The second-order valence-corrected chi connectivity index (χ2v) is 11.1. The van der Waals surface area contributed by atoms with Crippen molar-refractivity contribution in [2.45, 2.75) is 32.1 Å². The Kier molecular flexibility index (Phi) is 6.56. The Morgan fingerprint density at radius 3 is 2.64 bits per heavy atom. The summed E-state index contributed by atoms with van der Waals surface area (Å²) in [4.78, 5) is 41.6. The molecule has 0 spiro atoms. The Bertz CT molecular complexity index is 1550. The summed E-state index contributed by atoms with van der Waals surface area (Å²) in [5.41, 5.74) is 9.43. The minimum atomic E-state index is -0.432. The lowest BCUT2D eigenvalue weighted by atomic mass is 9.85. The summed E-state index contributed by atoms with van der Waals surface area (Å²) in [5, 5.41) is 0.533. The van der Waals surface area contributed by atoms with E-state index in [0.29, 0.717) is 47.6 Å². The smallest absolute Gasteiger partial charge is 0.233 e. The standard InChI is InChI=1S/C29H29ClN6O3/c1-29(16-39-17-29)28(38)35-11-2-3-20(15-35)27-34-24(25-26(31)32-10-12-36(25)27)19-6-4-18(5-7-19)23(37)13-22-9-8-21(30)14-33-22/h4-10,12,14,20H,2-3,11,13,15-17H2,1H3,(H2,31,32)/t20-/m1/s1. The SMILES string of the molecule is CC1(C(=O)N2CCC[C@@H](c3nc(-c4ccc(C(=O)Cc5ccc(Cl)cn5)cc4)c4c(N)nccn34)C2)COC1. The summed E-state index contributed by atoms with van der Waals surface area (Å²) < 4.78 is 7.32. The molecule has 0 saturated carbocycles. The number of rotatable bonds is 6. The van der Waals surface area contributed by atoms with Gasteiger partial charge in [-0.05, 0) is 31.9 Å². The summed E-state index contributed by atoms with van der Waals surface area (Å²) in [6.45, 7) is 4.26. The van der Waals surface area contributed by atoms with E-state index >= 15 is 0 Å². The third kappa shape index (κ3) is 4.77. The fourth-order valence-corrected chi connectivity index (χ4v) is 5.57. The zero-order valence-corrected chi connectivity index (χ0v) is 22.4. The number of pyridine rings is 1. The first-order valence-corrected chi connectivity index (χ1v) is 13.4. The van der Waals surface area contributed by atoms with Crippen LogP contribution in [0.25, 0.3) is 16.8 Å². The van der Waals surface area contributed by atoms with Crippen LogP contribution in [-0.4, -0.2) is 62.2 Å². The van der Waals surface area contributed by atoms with Gasteiger partial charge in [0, 0.05) is 54.4 Å². The molecule has 0 bridgehead atoms. The number of aromatic nitrogens is 4. The number of Topliss-reactive ketones (excluding diaryl/α,β-unsaturated/α-hetero) is 1. The number of hydrogen-bond donors (Lipinski definition) is 1. The Balaban J connectivity index is 1.28. The van der Waals surface area contributed by atoms with E-state index in [9.17, 15) is 9.59 Å². The first-order valence-electron chi connectivity index (χ1n) is 13.1. The Labute approximate surface area is 231 Å². The third-order valence-electron chi connectivity index (χ3n) is 7.65. The number of nitrogen functional groups attached to an aromatic ring is 1. The van der Waals surface area contributed by atoms with Crippen LogP contribution >= 0.6 is 11.6 Å². The molecule has 39 heavy (non-hydrogen) atoms. The minimum Gasteiger partial charge on any atom is -0.382 e. The predicted molar refractivity (Wildman–Crippen MR) is 148 cm³/mol. The number of fused-ring (bicyclic) bond motifs is 1. The minimum absolute atomic E-state index is 0.0366. The van der Waals surface area contributed by atoms with Crippen molar-refractivity contribution in [3.05, 3.63) is 77.1 Å². The van der Waals surface area contributed by atoms with Gasteiger partial charge in [0.25, 0.3) is 0 Å². The lowest BCUT2D eigenvalue weighted by Crippen LogP contribution is -2.55. The second-order valence-electron chi connectivity index (χ2n) is 10.6. The van der Waals surface area contributed by atoms with Crippen molar-refractivity contribution in [2.75, 3.05) is 32.0 Å². The molecule has 0 unspecified atom stereocenters. The second kappa shape index (κ2) is 10.1. The Hall–Kier alpha value is -3.82. The number of hydrogen-bond acceptors (Lipinski definition) is 7. The maximum atomic E-state index is 13.2. The van der Waals surface area contributed by atoms with Crippen LogP contribution in [0, 0.1) is 5.41 Å². The lowest BCUT2D eigenvalue weighted by molar-refractivity contribution is -0.169. The number of nitrogens with two attached hydrogens (primary N) is 1. The molecule has 4 aromatic rings. The summed E-state index contributed by atoms with van der Waals surface area (Å²) in [5.74, 6) is 1.40. The van der Waals surface area contributed by atoms with Crippen LogP contribution in [0.15, 0.2) is 55.0 Å². The van der Waals surface area contributed by atoms with Crippen molar-refractivity contribution < 1.29 is 14.3 Å². The highest BCUT2D eigenvalue weighted by Crippen LogP contribution is 2.36. The molecule has 1 aromatic carbocycles. The van der Waals surface area contributed by atoms with Crippen LogP contribution in [0.5, 0.6) is 0 Å². The molecule has 2 aliphatic heterocycles. The van der Waals surface area contributed by atoms with E-state index in [1.165, 1.54) is 6.20 Å². The number of carbonyl (C=O) groups excluding carboxylic acids is 2. The molecule has 10 heteroatoms. The van der Waals surface area contributed by atoms with Gasteiger partial charge in [-0.25, -0.2) is 9.97 Å². The number of nitrogens with zero attached hydrogens (tertiary/aromatic N) is 5. The predicted octanol–water partition coefficient (Wildman–Crippen LogP) is 4.19. The van der Waals surface area contributed by atoms with E-state index in [2.05, 4.69) is 9.97 Å². The molecule has 6 rings (SSSR count). The van der Waals surface area contributed by atoms with Gasteiger partial charge in [-0.1, -0.05) is 35.9 Å². The Morgan fingerprint density at radius 2 is 1.95 bits per heavy atom. The highest BCUT2D eigenvalue weighted by atomic mass is 35.5. The van der Waals surface area contributed by atoms with E-state index in [4.69, 9.17) is 27.1 Å². The first kappa shape index (κ1) is 25.5. The van der Waals surface area contributed by atoms with Gasteiger partial charge in [0.2, 0.25) is 5.91 Å². The highest BCUT2D eigenvalue weighted by Gasteiger charge is 2.44. The molecular formula is C29H29ClN6O3. The number of ether oxygens (including phenoxy) is 1. The molecule has 2 fully saturated rings. The quantitative estimate of drug-likeness (QED) is 0.362. The van der Waals surface area contributed by atoms with Crippen molar-refractivity contribution in [3.63, 3.8) is 0 Å². The third-order valence-corrected chi connectivity index (χ3v) is 7.88. The van der Waals surface area contributed by atoms with Gasteiger partial charge < -0.3 is 15.4 Å². The number of piperidine rings is 1. The van der Waals surface area contributed by atoms with Crippen molar-refractivity contribution >= 4 is 34.6 Å². The van der Waals surface area contributed by atoms with E-state index < -0.39 is 5.41 Å². The van der Waals surface area contributed by atoms with Crippen molar-refractivity contribution in [1.29, 1.82) is 0 Å². The molecule has 2 N–H and O–H groups in total. The molecule has 5 heterocycles. The molecule has 2 aliphatic rings. The summed E-state index contributed by atoms with van der Waals surface area (Å²) >= 11 is 5.90. The van der Waals surface area contributed by atoms with Gasteiger partial charge in [0.15, 0.2) is 5.78 Å². The van der Waals surface area contributed by atoms with Crippen LogP contribution in [0.3, 0.4) is 0 Å². The molecule has 9 nitrogen and oxygen atoms in total. The lowest BCUT2D eigenvalue weighted by Gasteiger charge is -2.42. The van der Waals surface area contributed by atoms with Crippen LogP contribution in [0.1, 0.15) is 47.6 Å². The zero-order chi connectivity index (χ0) is 27.1. The normalized spacial score (nSPS) is 18.6. The molecule has 3 aromatic heterocycles. The largest absolute Gasteiger partial charge is 0.382 e. The van der Waals surface area contributed by atoms with E-state index in [1.807, 2.05) is 34.6 Å². The fourth-order valence-electron chi connectivity index (χ4n) is 5.45. The number of carbonyl (C=O) groups is 2. The summed E-state index contributed by atoms with van der Waals surface area (Å²) in [6.07, 6.45) is 7.09. The summed E-state index contributed by atoms with van der Waals surface area (Å²) in [7, 11) is 0. The van der Waals surface area contributed by atoms with Crippen molar-refractivity contribution in [1.82, 2.24) is 24.3 Å². The zero-order valence-electron chi connectivity index (χ0n) is 21.6. The molecule has 0 aliphatic carbocycles. The van der Waals surface area contributed by atoms with Gasteiger partial charge in [-0.15, -0.1) is 0 Å². The van der Waals surface area contributed by atoms with Gasteiger partial charge >= 0.3 is 0 Å². The average Bonchev–Trinajstić information content (AvgIpc) is 3.34. The number of benzene rings is 1. The van der Waals surface area contributed by atoms with Crippen LogP contribution < -0.4 is 5.73 Å². The van der Waals surface area contributed by atoms with Crippen LogP contribution in [-0.2, 0) is 16.0 Å². The number of amides is 1. The van der Waals surface area contributed by atoms with Gasteiger partial charge in [0.1, 0.15) is 22.9 Å². The molecule has 0 radical (unpaired) electrons. The first-order chi connectivity index (χ1) is 18.8. The van der Waals surface area contributed by atoms with E-state index in [1.54, 1.807) is 30.5 Å². The maximum Gasteiger partial charge on any atom is 0.233 e. The van der Waals surface area contributed by atoms with E-state index in [0.717, 1.165) is 36.3 Å². The van der Waals surface area contributed by atoms with Crippen molar-refractivity contribution in [2.24, 2.45) is 5.41 Å². The average molecular weight is 545 g/mol. The molecular weight excluding hydrogens is 516 g/mol. The molecule has 2 saturated heterocycles. The topological polar surface area (TPSA) is 116 Å². The number of ketones is 1. The number of imidazole rings is 1. The molecule has 1 amide bonds.